The van der Waals surface area contributed by atoms with Gasteiger partial charge in [0.25, 0.3) is 0 Å². The number of rotatable bonds is 9. The van der Waals surface area contributed by atoms with Crippen molar-refractivity contribution < 1.29 is 52.4 Å². The number of aromatic hydroxyl groups is 1. The molecule has 1 saturated heterocycles. The third-order valence-corrected chi connectivity index (χ3v) is 8.50. The summed E-state index contributed by atoms with van der Waals surface area (Å²) in [6.07, 6.45) is -3.35. The molecule has 2 heterocycles. The van der Waals surface area contributed by atoms with Gasteiger partial charge in [0, 0.05) is 27.7 Å². The Morgan fingerprint density at radius 1 is 0.822 bits per heavy atom. The van der Waals surface area contributed by atoms with E-state index in [1.54, 1.807) is 12.1 Å². The molecule has 6 atom stereocenters. The highest BCUT2D eigenvalue weighted by molar-refractivity contribution is 8.00. The van der Waals surface area contributed by atoms with Crippen molar-refractivity contribution in [1.29, 1.82) is 0 Å². The first-order valence-corrected chi connectivity index (χ1v) is 15.6. The van der Waals surface area contributed by atoms with Crippen molar-refractivity contribution in [3.05, 3.63) is 53.0 Å². The van der Waals surface area contributed by atoms with E-state index in [1.165, 1.54) is 45.7 Å². The van der Waals surface area contributed by atoms with Crippen molar-refractivity contribution in [3.8, 4) is 5.75 Å². The highest BCUT2D eigenvalue weighted by atomic mass is 32.2. The van der Waals surface area contributed by atoms with Gasteiger partial charge in [0.15, 0.2) is 18.3 Å². The van der Waals surface area contributed by atoms with Crippen LogP contribution in [0.2, 0.25) is 0 Å². The first-order valence-electron chi connectivity index (χ1n) is 14.7. The first kappa shape index (κ1) is 36.0. The Balaban J connectivity index is 2.22. The zero-order valence-corrected chi connectivity index (χ0v) is 28.3. The van der Waals surface area contributed by atoms with Gasteiger partial charge in [-0.15, -0.1) is 11.8 Å². The van der Waals surface area contributed by atoms with Crippen LogP contribution in [0.15, 0.2) is 34.9 Å². The van der Waals surface area contributed by atoms with Crippen molar-refractivity contribution in [2.45, 2.75) is 115 Å². The number of carbonyl (C=O) groups is 4. The Hall–Kier alpha value is -3.51. The molecule has 12 heteroatoms. The summed E-state index contributed by atoms with van der Waals surface area (Å²) in [5, 5.41) is 10.8. The first-order chi connectivity index (χ1) is 20.8. The van der Waals surface area contributed by atoms with E-state index in [4.69, 9.17) is 28.1 Å². The van der Waals surface area contributed by atoms with Crippen LogP contribution >= 0.6 is 11.8 Å². The fourth-order valence-corrected chi connectivity index (χ4v) is 6.54. The summed E-state index contributed by atoms with van der Waals surface area (Å²) in [4.78, 5) is 48.6. The summed E-state index contributed by atoms with van der Waals surface area (Å²) < 4.78 is 34.4. The highest BCUT2D eigenvalue weighted by Crippen LogP contribution is 2.48. The Labute approximate surface area is 268 Å². The summed E-state index contributed by atoms with van der Waals surface area (Å²) in [6, 6.07) is 7.36. The van der Waals surface area contributed by atoms with Gasteiger partial charge in [0.1, 0.15) is 29.7 Å². The van der Waals surface area contributed by atoms with Crippen LogP contribution < -0.4 is 0 Å². The lowest BCUT2D eigenvalue weighted by atomic mass is 9.78. The minimum atomic E-state index is -1.30. The second kappa shape index (κ2) is 14.3. The second-order valence-corrected chi connectivity index (χ2v) is 14.3. The van der Waals surface area contributed by atoms with Gasteiger partial charge in [0.05, 0.1) is 11.5 Å². The van der Waals surface area contributed by atoms with E-state index in [-0.39, 0.29) is 12.4 Å². The smallest absolute Gasteiger partial charge is 0.303 e. The number of phenolic OH excluding ortho intramolecular Hbond substituents is 1. The van der Waals surface area contributed by atoms with Crippen LogP contribution in [0.3, 0.4) is 0 Å². The van der Waals surface area contributed by atoms with E-state index in [9.17, 15) is 24.3 Å². The number of carbonyl (C=O) groups excluding carboxylic acids is 4. The van der Waals surface area contributed by atoms with Gasteiger partial charge >= 0.3 is 23.9 Å². The molecule has 1 aromatic carbocycles. The molecule has 0 bridgehead atoms. The maximum absolute atomic E-state index is 12.4. The van der Waals surface area contributed by atoms with Gasteiger partial charge in [-0.25, -0.2) is 0 Å². The lowest BCUT2D eigenvalue weighted by Crippen LogP contribution is -2.61. The number of benzene rings is 1. The average molecular weight is 649 g/mol. The molecule has 0 saturated carbocycles. The Morgan fingerprint density at radius 3 is 1.78 bits per heavy atom. The molecule has 2 unspecified atom stereocenters. The third kappa shape index (κ3) is 9.26. The maximum Gasteiger partial charge on any atom is 0.303 e. The number of furan rings is 1. The molecule has 1 aromatic heterocycles. The summed E-state index contributed by atoms with van der Waals surface area (Å²) >= 11 is 1.21. The Morgan fingerprint density at radius 2 is 1.33 bits per heavy atom. The standard InChI is InChI=1S/C33H44O11S/c1-17(34)40-16-25-27(41-18(2)35)28(42-19(3)36)29(43-20(4)37)31(44-25)45-30(24-12-11-13-39-24)21-14-22(32(5,6)7)26(38)23(15-21)33(8,9)10/h11-15,25,27-31,38H,16H2,1-10H3/t25-,27+,28?,29?,30-,31+/m0/s1. The number of esters is 4. The van der Waals surface area contributed by atoms with Crippen LogP contribution in [-0.4, -0.2) is 65.4 Å². The van der Waals surface area contributed by atoms with Crippen LogP contribution in [0.4, 0.5) is 0 Å². The molecule has 11 nitrogen and oxygen atoms in total. The summed E-state index contributed by atoms with van der Waals surface area (Å²) in [7, 11) is 0. The van der Waals surface area contributed by atoms with Crippen LogP contribution in [0.1, 0.15) is 96.9 Å². The molecule has 0 amide bonds. The van der Waals surface area contributed by atoms with E-state index in [2.05, 4.69) is 0 Å². The zero-order valence-electron chi connectivity index (χ0n) is 27.5. The molecule has 0 radical (unpaired) electrons. The van der Waals surface area contributed by atoms with Crippen molar-refractivity contribution >= 4 is 35.6 Å². The minimum Gasteiger partial charge on any atom is -0.507 e. The SMILES string of the molecule is CC(=O)OC[C@@H]1O[C@H](S[C@@H](c2cc(C(C)(C)C)c(O)c(C(C)(C)C)c2)c2ccco2)C(OC(C)=O)C(OC(C)=O)[C@@H]1OC(C)=O. The minimum absolute atomic E-state index is 0.203. The lowest BCUT2D eigenvalue weighted by Gasteiger charge is -2.44. The number of ether oxygens (including phenoxy) is 5. The Bertz CT molecular complexity index is 1330. The van der Waals surface area contributed by atoms with Gasteiger partial charge in [0.2, 0.25) is 0 Å². The molecule has 1 N–H and O–H groups in total. The van der Waals surface area contributed by atoms with Crippen LogP contribution in [-0.2, 0) is 53.7 Å². The average Bonchev–Trinajstić information content (AvgIpc) is 3.42. The van der Waals surface area contributed by atoms with Crippen LogP contribution in [0, 0.1) is 0 Å². The molecular weight excluding hydrogens is 604 g/mol. The van der Waals surface area contributed by atoms with Gasteiger partial charge in [-0.3, -0.25) is 19.2 Å². The fraction of sp³-hybridized carbons (Fsp3) is 0.576. The molecule has 45 heavy (non-hydrogen) atoms. The quantitative estimate of drug-likeness (QED) is 0.271. The molecule has 2 aromatic rings. The van der Waals surface area contributed by atoms with Gasteiger partial charge in [-0.2, -0.15) is 0 Å². The van der Waals surface area contributed by atoms with E-state index in [0.29, 0.717) is 5.76 Å². The van der Waals surface area contributed by atoms with E-state index >= 15 is 0 Å². The predicted octanol–water partition coefficient (Wildman–Crippen LogP) is 5.49. The predicted molar refractivity (Wildman–Crippen MR) is 166 cm³/mol. The van der Waals surface area contributed by atoms with Crippen molar-refractivity contribution in [2.75, 3.05) is 6.61 Å². The molecule has 248 valence electrons. The largest absolute Gasteiger partial charge is 0.507 e. The van der Waals surface area contributed by atoms with Crippen LogP contribution in [0.25, 0.3) is 0 Å². The molecule has 0 aliphatic carbocycles. The van der Waals surface area contributed by atoms with Crippen molar-refractivity contribution in [3.63, 3.8) is 0 Å². The van der Waals surface area contributed by atoms with Crippen molar-refractivity contribution in [1.82, 2.24) is 0 Å². The lowest BCUT2D eigenvalue weighted by molar-refractivity contribution is -0.237. The van der Waals surface area contributed by atoms with E-state index < -0.39 is 69.8 Å². The molecular formula is C33H44O11S. The topological polar surface area (TPSA) is 148 Å². The van der Waals surface area contributed by atoms with Gasteiger partial charge < -0.3 is 33.2 Å². The number of hydrogen-bond donors (Lipinski definition) is 1. The van der Waals surface area contributed by atoms with Gasteiger partial charge in [-0.05, 0) is 51.8 Å². The third-order valence-electron chi connectivity index (χ3n) is 7.07. The molecule has 3 rings (SSSR count). The van der Waals surface area contributed by atoms with E-state index in [1.807, 2.05) is 53.7 Å². The summed E-state index contributed by atoms with van der Waals surface area (Å²) in [5.74, 6) is -1.96. The second-order valence-electron chi connectivity index (χ2n) is 13.1. The number of hydrogen-bond acceptors (Lipinski definition) is 12. The molecule has 0 spiro atoms. The number of phenols is 1. The summed E-state index contributed by atoms with van der Waals surface area (Å²) in [6.45, 7) is 16.5. The highest BCUT2D eigenvalue weighted by Gasteiger charge is 2.53. The molecule has 1 fully saturated rings. The van der Waals surface area contributed by atoms with E-state index in [0.717, 1.165) is 16.7 Å². The normalized spacial score (nSPS) is 22.7. The Kier molecular flexibility index (Phi) is 11.4. The number of thioether (sulfide) groups is 1. The van der Waals surface area contributed by atoms with Crippen molar-refractivity contribution in [2.24, 2.45) is 0 Å². The van der Waals surface area contributed by atoms with Gasteiger partial charge in [-0.1, -0.05) is 41.5 Å². The van der Waals surface area contributed by atoms with Crippen LogP contribution in [0.5, 0.6) is 5.75 Å². The molecule has 1 aliphatic rings. The molecule has 1 aliphatic heterocycles. The maximum atomic E-state index is 12.4. The monoisotopic (exact) mass is 648 g/mol. The zero-order chi connectivity index (χ0) is 33.9. The summed E-state index contributed by atoms with van der Waals surface area (Å²) in [5.41, 5.74) is 0.341. The fourth-order valence-electron chi connectivity index (χ4n) is 5.13.